The molecule has 0 aliphatic carbocycles. The van der Waals surface area contributed by atoms with E-state index in [4.69, 9.17) is 0 Å². The molecular formula is C13H25Cl2N3O2. The lowest BCUT2D eigenvalue weighted by Gasteiger charge is -2.43. The van der Waals surface area contributed by atoms with E-state index in [1.807, 2.05) is 4.90 Å². The van der Waals surface area contributed by atoms with Gasteiger partial charge in [-0.3, -0.25) is 9.69 Å². The number of β-amino-alcohol motifs (C(OH)–C–C–N with tert-alkyl or cyclic N) is 1. The lowest BCUT2D eigenvalue weighted by atomic mass is 10.1. The standard InChI is InChI=1S/C13H23N3O2.2ClH/c1-9-7-15-4-2-3-10(15)8-16(9)13(18)12-5-11(17)6-14-12;;/h9-12,14,17H,2-8H2,1H3;2*1H. The van der Waals surface area contributed by atoms with Gasteiger partial charge in [0.2, 0.25) is 5.91 Å². The second kappa shape index (κ2) is 7.27. The van der Waals surface area contributed by atoms with Gasteiger partial charge >= 0.3 is 0 Å². The summed E-state index contributed by atoms with van der Waals surface area (Å²) < 4.78 is 0. The van der Waals surface area contributed by atoms with Gasteiger partial charge in [-0.1, -0.05) is 0 Å². The van der Waals surface area contributed by atoms with Crippen LogP contribution in [0.1, 0.15) is 26.2 Å². The molecule has 0 bridgehead atoms. The molecule has 3 fully saturated rings. The molecule has 3 rings (SSSR count). The van der Waals surface area contributed by atoms with Crippen LogP contribution >= 0.6 is 24.8 Å². The molecule has 0 radical (unpaired) electrons. The van der Waals surface area contributed by atoms with Crippen LogP contribution < -0.4 is 5.32 Å². The molecule has 0 aromatic heterocycles. The fourth-order valence-corrected chi connectivity index (χ4v) is 3.60. The number of nitrogens with zero attached hydrogens (tertiary/aromatic N) is 2. The molecule has 5 nitrogen and oxygen atoms in total. The van der Waals surface area contributed by atoms with Crippen molar-refractivity contribution in [1.29, 1.82) is 0 Å². The normalized spacial score (nSPS) is 37.0. The first-order chi connectivity index (χ1) is 8.65. The largest absolute Gasteiger partial charge is 0.392 e. The molecule has 2 N–H and O–H groups in total. The third kappa shape index (κ3) is 3.39. The predicted octanol–water partition coefficient (Wildman–Crippen LogP) is 0.248. The summed E-state index contributed by atoms with van der Waals surface area (Å²) in [5.74, 6) is 0.186. The van der Waals surface area contributed by atoms with Gasteiger partial charge < -0.3 is 15.3 Å². The summed E-state index contributed by atoms with van der Waals surface area (Å²) in [7, 11) is 0. The van der Waals surface area contributed by atoms with Gasteiger partial charge in [0.1, 0.15) is 0 Å². The highest BCUT2D eigenvalue weighted by atomic mass is 35.5. The molecule has 118 valence electrons. The molecule has 0 aromatic carbocycles. The van der Waals surface area contributed by atoms with Crippen LogP contribution in [0, 0.1) is 0 Å². The van der Waals surface area contributed by atoms with Gasteiger partial charge in [-0.25, -0.2) is 0 Å². The highest BCUT2D eigenvalue weighted by Crippen LogP contribution is 2.25. The quantitative estimate of drug-likeness (QED) is 0.725. The summed E-state index contributed by atoms with van der Waals surface area (Å²) in [6, 6.07) is 0.693. The third-order valence-corrected chi connectivity index (χ3v) is 4.63. The summed E-state index contributed by atoms with van der Waals surface area (Å²) in [5, 5.41) is 12.7. The van der Waals surface area contributed by atoms with Gasteiger partial charge in [0, 0.05) is 31.7 Å². The smallest absolute Gasteiger partial charge is 0.240 e. The number of hydrogen-bond donors (Lipinski definition) is 2. The van der Waals surface area contributed by atoms with Gasteiger partial charge in [-0.2, -0.15) is 0 Å². The molecule has 4 atom stereocenters. The SMILES string of the molecule is CC1CN2CCCC2CN1C(=O)C1CC(O)CN1.Cl.Cl. The van der Waals surface area contributed by atoms with Crippen LogP contribution in [0.5, 0.6) is 0 Å². The molecule has 3 aliphatic rings. The molecule has 0 saturated carbocycles. The second-order valence-corrected chi connectivity index (χ2v) is 5.98. The van der Waals surface area contributed by atoms with Crippen molar-refractivity contribution in [1.82, 2.24) is 15.1 Å². The number of carbonyl (C=O) groups is 1. The molecule has 4 unspecified atom stereocenters. The van der Waals surface area contributed by atoms with Crippen molar-refractivity contribution >= 4 is 30.7 Å². The molecule has 0 aromatic rings. The zero-order valence-electron chi connectivity index (χ0n) is 11.8. The Hall–Kier alpha value is -0.0700. The van der Waals surface area contributed by atoms with Crippen molar-refractivity contribution < 1.29 is 9.90 Å². The van der Waals surface area contributed by atoms with E-state index in [9.17, 15) is 9.90 Å². The summed E-state index contributed by atoms with van der Waals surface area (Å²) in [6.07, 6.45) is 2.69. The summed E-state index contributed by atoms with van der Waals surface area (Å²) in [5.41, 5.74) is 0. The van der Waals surface area contributed by atoms with Crippen LogP contribution in [0.15, 0.2) is 0 Å². The van der Waals surface area contributed by atoms with Gasteiger partial charge in [-0.05, 0) is 32.7 Å². The van der Waals surface area contributed by atoms with E-state index < -0.39 is 0 Å². The lowest BCUT2D eigenvalue weighted by Crippen LogP contribution is -2.59. The number of aliphatic hydroxyl groups is 1. The Morgan fingerprint density at radius 1 is 1.30 bits per heavy atom. The first-order valence-corrected chi connectivity index (χ1v) is 7.11. The van der Waals surface area contributed by atoms with Crippen molar-refractivity contribution in [3.8, 4) is 0 Å². The minimum Gasteiger partial charge on any atom is -0.392 e. The minimum atomic E-state index is -0.359. The van der Waals surface area contributed by atoms with E-state index in [0.717, 1.165) is 13.1 Å². The molecule has 0 spiro atoms. The van der Waals surface area contributed by atoms with Crippen molar-refractivity contribution in [3.63, 3.8) is 0 Å². The van der Waals surface area contributed by atoms with Gasteiger partial charge in [-0.15, -0.1) is 24.8 Å². The van der Waals surface area contributed by atoms with Crippen molar-refractivity contribution in [2.75, 3.05) is 26.2 Å². The van der Waals surface area contributed by atoms with E-state index >= 15 is 0 Å². The number of halogens is 2. The van der Waals surface area contributed by atoms with Crippen LogP contribution in [-0.4, -0.2) is 71.2 Å². The fourth-order valence-electron chi connectivity index (χ4n) is 3.60. The Bertz CT molecular complexity index is 346. The van der Waals surface area contributed by atoms with Crippen LogP contribution in [-0.2, 0) is 4.79 Å². The van der Waals surface area contributed by atoms with Crippen molar-refractivity contribution in [2.45, 2.75) is 50.4 Å². The fraction of sp³-hybridized carbons (Fsp3) is 0.923. The number of aliphatic hydroxyl groups excluding tert-OH is 1. The van der Waals surface area contributed by atoms with E-state index in [1.165, 1.54) is 19.4 Å². The van der Waals surface area contributed by atoms with Crippen LogP contribution in [0.3, 0.4) is 0 Å². The third-order valence-electron chi connectivity index (χ3n) is 4.63. The van der Waals surface area contributed by atoms with Crippen LogP contribution in [0.25, 0.3) is 0 Å². The highest BCUT2D eigenvalue weighted by molar-refractivity contribution is 5.85. The van der Waals surface area contributed by atoms with E-state index in [1.54, 1.807) is 0 Å². The Morgan fingerprint density at radius 3 is 2.70 bits per heavy atom. The summed E-state index contributed by atoms with van der Waals surface area (Å²) in [6.45, 7) is 5.75. The topological polar surface area (TPSA) is 55.8 Å². The highest BCUT2D eigenvalue weighted by Gasteiger charge is 2.39. The maximum atomic E-state index is 12.5. The van der Waals surface area contributed by atoms with Gasteiger partial charge in [0.25, 0.3) is 0 Å². The average molecular weight is 326 g/mol. The molecule has 1 amide bonds. The number of hydrogen-bond acceptors (Lipinski definition) is 4. The molecule has 3 saturated heterocycles. The van der Waals surface area contributed by atoms with Gasteiger partial charge in [0.05, 0.1) is 12.1 Å². The zero-order valence-corrected chi connectivity index (χ0v) is 13.5. The maximum Gasteiger partial charge on any atom is 0.240 e. The second-order valence-electron chi connectivity index (χ2n) is 5.98. The molecule has 7 heteroatoms. The lowest BCUT2D eigenvalue weighted by molar-refractivity contribution is -0.138. The monoisotopic (exact) mass is 325 g/mol. The number of rotatable bonds is 1. The zero-order chi connectivity index (χ0) is 12.7. The van der Waals surface area contributed by atoms with Gasteiger partial charge in [0.15, 0.2) is 0 Å². The van der Waals surface area contributed by atoms with Crippen LogP contribution in [0.4, 0.5) is 0 Å². The number of fused-ring (bicyclic) bond motifs is 1. The molecular weight excluding hydrogens is 301 g/mol. The summed E-state index contributed by atoms with van der Waals surface area (Å²) >= 11 is 0. The van der Waals surface area contributed by atoms with Crippen molar-refractivity contribution in [3.05, 3.63) is 0 Å². The Labute approximate surface area is 132 Å². The average Bonchev–Trinajstić information content (AvgIpc) is 2.95. The van der Waals surface area contributed by atoms with Crippen LogP contribution in [0.2, 0.25) is 0 Å². The number of piperazine rings is 1. The minimum absolute atomic E-state index is 0. The molecule has 3 heterocycles. The predicted molar refractivity (Wildman–Crippen MR) is 82.7 cm³/mol. The molecule has 20 heavy (non-hydrogen) atoms. The van der Waals surface area contributed by atoms with Crippen molar-refractivity contribution in [2.24, 2.45) is 0 Å². The maximum absolute atomic E-state index is 12.5. The van der Waals surface area contributed by atoms with E-state index in [2.05, 4.69) is 17.1 Å². The summed E-state index contributed by atoms with van der Waals surface area (Å²) in [4.78, 5) is 17.0. The Kier molecular flexibility index (Phi) is 6.54. The first-order valence-electron chi connectivity index (χ1n) is 7.11. The number of nitrogens with one attached hydrogen (secondary N) is 1. The Balaban J connectivity index is 0.000001000. The number of amides is 1. The van der Waals surface area contributed by atoms with E-state index in [0.29, 0.717) is 25.0 Å². The Morgan fingerprint density at radius 2 is 2.05 bits per heavy atom. The number of carbonyl (C=O) groups excluding carboxylic acids is 1. The first kappa shape index (κ1) is 18.0. The molecule has 3 aliphatic heterocycles. The van der Waals surface area contributed by atoms with E-state index in [-0.39, 0.29) is 42.9 Å².